The fourth-order valence-electron chi connectivity index (χ4n) is 1.29. The molecule has 2 rings (SSSR count). The predicted molar refractivity (Wildman–Crippen MR) is 75.5 cm³/mol. The van der Waals surface area contributed by atoms with E-state index in [-0.39, 0.29) is 5.91 Å². The van der Waals surface area contributed by atoms with Gasteiger partial charge in [-0.05, 0) is 58.4 Å². The molecule has 5 heteroatoms. The number of benzene rings is 1. The third-order valence-electron chi connectivity index (χ3n) is 2.10. The molecule has 0 fully saturated rings. The maximum atomic E-state index is 11.6. The number of rotatable bonds is 3. The van der Waals surface area contributed by atoms with Gasteiger partial charge >= 0.3 is 0 Å². The van der Waals surface area contributed by atoms with Gasteiger partial charge in [0.1, 0.15) is 5.76 Å². The number of amides is 1. The molecule has 1 aromatic carbocycles. The van der Waals surface area contributed by atoms with Crippen molar-refractivity contribution in [3.63, 3.8) is 0 Å². The minimum absolute atomic E-state index is 0.232. The molecule has 1 amide bonds. The van der Waals surface area contributed by atoms with Crippen LogP contribution in [0.5, 0.6) is 0 Å². The first kappa shape index (κ1) is 12.9. The topological polar surface area (TPSA) is 42.2 Å². The Labute approximate surface area is 118 Å². The highest BCUT2D eigenvalue weighted by atomic mass is 79.9. The molecule has 0 atom stereocenters. The highest BCUT2D eigenvalue weighted by Gasteiger charge is 1.99. The van der Waals surface area contributed by atoms with Crippen molar-refractivity contribution >= 4 is 45.2 Å². The number of halogens is 2. The van der Waals surface area contributed by atoms with Gasteiger partial charge in [-0.25, -0.2) is 0 Å². The Morgan fingerprint density at radius 1 is 1.22 bits per heavy atom. The predicted octanol–water partition coefficient (Wildman–Crippen LogP) is 4.35. The fraction of sp³-hybridized carbons (Fsp3) is 0. The van der Waals surface area contributed by atoms with E-state index in [1.54, 1.807) is 42.5 Å². The van der Waals surface area contributed by atoms with Crippen molar-refractivity contribution < 1.29 is 9.21 Å². The van der Waals surface area contributed by atoms with Gasteiger partial charge in [0.25, 0.3) is 0 Å². The van der Waals surface area contributed by atoms with Crippen molar-refractivity contribution in [1.29, 1.82) is 0 Å². The molecule has 1 N–H and O–H groups in total. The highest BCUT2D eigenvalue weighted by Crippen LogP contribution is 2.16. The minimum Gasteiger partial charge on any atom is -0.450 e. The molecule has 0 aliphatic heterocycles. The SMILES string of the molecule is O=C(/C=C/c1ccc(Br)o1)Nc1ccc(Cl)cc1. The Hall–Kier alpha value is -1.52. The van der Waals surface area contributed by atoms with Crippen LogP contribution in [0.4, 0.5) is 5.69 Å². The average Bonchev–Trinajstić information content (AvgIpc) is 2.76. The zero-order chi connectivity index (χ0) is 13.0. The van der Waals surface area contributed by atoms with Crippen LogP contribution in [-0.2, 0) is 4.79 Å². The third kappa shape index (κ3) is 3.75. The molecule has 0 spiro atoms. The first-order chi connectivity index (χ1) is 8.63. The van der Waals surface area contributed by atoms with Crippen molar-refractivity contribution in [3.8, 4) is 0 Å². The zero-order valence-electron chi connectivity index (χ0n) is 9.19. The Morgan fingerprint density at radius 2 is 1.94 bits per heavy atom. The smallest absolute Gasteiger partial charge is 0.248 e. The monoisotopic (exact) mass is 325 g/mol. The molecule has 0 saturated carbocycles. The third-order valence-corrected chi connectivity index (χ3v) is 2.78. The van der Waals surface area contributed by atoms with Crippen LogP contribution < -0.4 is 5.32 Å². The Kier molecular flexibility index (Phi) is 4.23. The summed E-state index contributed by atoms with van der Waals surface area (Å²) in [5.74, 6) is 0.373. The molecule has 1 aromatic heterocycles. The van der Waals surface area contributed by atoms with Gasteiger partial charge in [0.15, 0.2) is 4.67 Å². The number of nitrogens with one attached hydrogen (secondary N) is 1. The van der Waals surface area contributed by atoms with Gasteiger partial charge in [0, 0.05) is 16.8 Å². The van der Waals surface area contributed by atoms with Crippen LogP contribution in [0.1, 0.15) is 5.76 Å². The first-order valence-electron chi connectivity index (χ1n) is 5.13. The number of hydrogen-bond acceptors (Lipinski definition) is 2. The zero-order valence-corrected chi connectivity index (χ0v) is 11.5. The number of furan rings is 1. The van der Waals surface area contributed by atoms with Gasteiger partial charge < -0.3 is 9.73 Å². The van der Waals surface area contributed by atoms with Crippen LogP contribution in [-0.4, -0.2) is 5.91 Å². The quantitative estimate of drug-likeness (QED) is 0.852. The fourth-order valence-corrected chi connectivity index (χ4v) is 1.74. The van der Waals surface area contributed by atoms with E-state index in [4.69, 9.17) is 16.0 Å². The lowest BCUT2D eigenvalue weighted by atomic mass is 10.3. The standard InChI is InChI=1S/C13H9BrClNO2/c14-12-7-5-11(18-12)6-8-13(17)16-10-3-1-9(15)2-4-10/h1-8H,(H,16,17)/b8-6+. The summed E-state index contributed by atoms with van der Waals surface area (Å²) in [5, 5.41) is 3.34. The Balaban J connectivity index is 1.96. The second-order valence-electron chi connectivity index (χ2n) is 3.47. The van der Waals surface area contributed by atoms with Gasteiger partial charge in [0.05, 0.1) is 0 Å². The van der Waals surface area contributed by atoms with Crippen LogP contribution in [0, 0.1) is 0 Å². The summed E-state index contributed by atoms with van der Waals surface area (Å²) in [7, 11) is 0. The molecule has 0 unspecified atom stereocenters. The lowest BCUT2D eigenvalue weighted by Crippen LogP contribution is -2.07. The second-order valence-corrected chi connectivity index (χ2v) is 4.69. The first-order valence-corrected chi connectivity index (χ1v) is 6.30. The van der Waals surface area contributed by atoms with Crippen molar-refractivity contribution in [3.05, 3.63) is 57.9 Å². The van der Waals surface area contributed by atoms with Crippen LogP contribution in [0.3, 0.4) is 0 Å². The summed E-state index contributed by atoms with van der Waals surface area (Å²) >= 11 is 8.93. The highest BCUT2D eigenvalue weighted by molar-refractivity contribution is 9.10. The Morgan fingerprint density at radius 3 is 2.56 bits per heavy atom. The summed E-state index contributed by atoms with van der Waals surface area (Å²) in [5.41, 5.74) is 0.690. The Bertz CT molecular complexity index is 575. The molecule has 3 nitrogen and oxygen atoms in total. The van der Waals surface area contributed by atoms with Gasteiger partial charge in [-0.15, -0.1) is 0 Å². The molecule has 18 heavy (non-hydrogen) atoms. The average molecular weight is 327 g/mol. The van der Waals surface area contributed by atoms with Crippen molar-refractivity contribution in [2.45, 2.75) is 0 Å². The van der Waals surface area contributed by atoms with E-state index in [0.717, 1.165) is 0 Å². The van der Waals surface area contributed by atoms with Crippen LogP contribution in [0.2, 0.25) is 5.02 Å². The summed E-state index contributed by atoms with van der Waals surface area (Å²) < 4.78 is 5.86. The summed E-state index contributed by atoms with van der Waals surface area (Å²) in [6, 6.07) is 10.4. The van der Waals surface area contributed by atoms with Crippen LogP contribution >= 0.6 is 27.5 Å². The largest absolute Gasteiger partial charge is 0.450 e. The lowest BCUT2D eigenvalue weighted by Gasteiger charge is -2.01. The maximum absolute atomic E-state index is 11.6. The van der Waals surface area contributed by atoms with Gasteiger partial charge in [0.2, 0.25) is 5.91 Å². The molecule has 2 aromatic rings. The van der Waals surface area contributed by atoms with E-state index in [9.17, 15) is 4.79 Å². The van der Waals surface area contributed by atoms with Crippen LogP contribution in [0.25, 0.3) is 6.08 Å². The van der Waals surface area contributed by atoms with Gasteiger partial charge in [-0.1, -0.05) is 11.6 Å². The van der Waals surface area contributed by atoms with E-state index in [2.05, 4.69) is 21.2 Å². The summed E-state index contributed by atoms with van der Waals surface area (Å²) in [4.78, 5) is 11.6. The van der Waals surface area contributed by atoms with Gasteiger partial charge in [-0.3, -0.25) is 4.79 Å². The molecular weight excluding hydrogens is 318 g/mol. The molecule has 0 aliphatic rings. The summed E-state index contributed by atoms with van der Waals surface area (Å²) in [6.45, 7) is 0. The molecule has 1 heterocycles. The number of carbonyl (C=O) groups excluding carboxylic acids is 1. The van der Waals surface area contributed by atoms with Crippen molar-refractivity contribution in [2.24, 2.45) is 0 Å². The summed E-state index contributed by atoms with van der Waals surface area (Å²) in [6.07, 6.45) is 3.00. The van der Waals surface area contributed by atoms with Crippen molar-refractivity contribution in [2.75, 3.05) is 5.32 Å². The normalized spacial score (nSPS) is 10.8. The second kappa shape index (κ2) is 5.89. The van der Waals surface area contributed by atoms with Crippen molar-refractivity contribution in [1.82, 2.24) is 0 Å². The van der Waals surface area contributed by atoms with E-state index >= 15 is 0 Å². The van der Waals surface area contributed by atoms with E-state index in [1.807, 2.05) is 0 Å². The molecule has 0 aliphatic carbocycles. The van der Waals surface area contributed by atoms with E-state index in [0.29, 0.717) is 21.1 Å². The number of carbonyl (C=O) groups is 1. The van der Waals surface area contributed by atoms with E-state index < -0.39 is 0 Å². The maximum Gasteiger partial charge on any atom is 0.248 e. The molecule has 0 bridgehead atoms. The molecular formula is C13H9BrClNO2. The van der Waals surface area contributed by atoms with E-state index in [1.165, 1.54) is 6.08 Å². The number of hydrogen-bond donors (Lipinski definition) is 1. The van der Waals surface area contributed by atoms with Crippen LogP contribution in [0.15, 0.2) is 51.6 Å². The molecule has 92 valence electrons. The molecule has 0 radical (unpaired) electrons. The lowest BCUT2D eigenvalue weighted by molar-refractivity contribution is -0.111. The van der Waals surface area contributed by atoms with Gasteiger partial charge in [-0.2, -0.15) is 0 Å². The molecule has 0 saturated heterocycles. The minimum atomic E-state index is -0.232. The number of anilines is 1.